The molecule has 1 unspecified atom stereocenters. The van der Waals surface area contributed by atoms with Crippen LogP contribution in [0.2, 0.25) is 0 Å². The van der Waals surface area contributed by atoms with E-state index in [9.17, 15) is 0 Å². The second-order valence-corrected chi connectivity index (χ2v) is 9.61. The summed E-state index contributed by atoms with van der Waals surface area (Å²) < 4.78 is 0. The number of fused-ring (bicyclic) bond motifs is 1. The summed E-state index contributed by atoms with van der Waals surface area (Å²) in [7, 11) is 0. The van der Waals surface area contributed by atoms with E-state index < -0.39 is 0 Å². The van der Waals surface area contributed by atoms with Crippen molar-refractivity contribution in [3.63, 3.8) is 0 Å². The molecule has 0 bridgehead atoms. The molecule has 0 amide bonds. The molecular weight excluding hydrogens is 332 g/mol. The van der Waals surface area contributed by atoms with Crippen LogP contribution in [-0.4, -0.2) is 5.75 Å². The Morgan fingerprint density at radius 1 is 1.15 bits per heavy atom. The van der Waals surface area contributed by atoms with Crippen LogP contribution in [0.1, 0.15) is 59.1 Å². The molecule has 140 valence electrons. The Morgan fingerprint density at radius 3 is 2.42 bits per heavy atom. The molecule has 0 saturated carbocycles. The van der Waals surface area contributed by atoms with E-state index in [1.165, 1.54) is 32.4 Å². The van der Waals surface area contributed by atoms with Crippen molar-refractivity contribution in [3.05, 3.63) is 59.7 Å². The van der Waals surface area contributed by atoms with Gasteiger partial charge in [0, 0.05) is 10.6 Å². The molecule has 0 aliphatic heterocycles. The first-order valence-electron chi connectivity index (χ1n) is 9.68. The third-order valence-corrected chi connectivity index (χ3v) is 6.20. The topological polar surface area (TPSA) is 0 Å². The van der Waals surface area contributed by atoms with Gasteiger partial charge in [-0.3, -0.25) is 0 Å². The number of benzene rings is 2. The zero-order valence-corrected chi connectivity index (χ0v) is 18.3. The summed E-state index contributed by atoms with van der Waals surface area (Å²) in [4.78, 5) is 1.41. The molecule has 0 radical (unpaired) electrons. The first kappa shape index (κ1) is 20.8. The molecule has 0 aliphatic rings. The zero-order chi connectivity index (χ0) is 19.3. The van der Waals surface area contributed by atoms with E-state index in [0.717, 1.165) is 12.2 Å². The van der Waals surface area contributed by atoms with Crippen molar-refractivity contribution in [2.45, 2.75) is 59.8 Å². The molecule has 0 heterocycles. The molecule has 0 nitrogen and oxygen atoms in total. The van der Waals surface area contributed by atoms with E-state index in [2.05, 4.69) is 97.0 Å². The number of rotatable bonds is 6. The van der Waals surface area contributed by atoms with Gasteiger partial charge in [-0.05, 0) is 72.1 Å². The fraction of sp³-hybridized carbons (Fsp3) is 0.440. The fourth-order valence-electron chi connectivity index (χ4n) is 3.34. The number of allylic oxidation sites excluding steroid dienone is 4. The predicted molar refractivity (Wildman–Crippen MR) is 121 cm³/mol. The van der Waals surface area contributed by atoms with E-state index in [1.54, 1.807) is 0 Å². The summed E-state index contributed by atoms with van der Waals surface area (Å²) in [6.07, 6.45) is 7.92. The largest absolute Gasteiger partial charge is 0.125 e. The van der Waals surface area contributed by atoms with E-state index in [0.29, 0.717) is 11.3 Å². The van der Waals surface area contributed by atoms with Gasteiger partial charge < -0.3 is 0 Å². The number of hydrogen-bond donors (Lipinski definition) is 0. The first-order chi connectivity index (χ1) is 12.2. The van der Waals surface area contributed by atoms with E-state index in [1.807, 2.05) is 11.8 Å². The van der Waals surface area contributed by atoms with Crippen LogP contribution < -0.4 is 0 Å². The molecule has 0 saturated heterocycles. The van der Waals surface area contributed by atoms with Gasteiger partial charge in [0.25, 0.3) is 0 Å². The van der Waals surface area contributed by atoms with Crippen molar-refractivity contribution in [3.8, 4) is 0 Å². The summed E-state index contributed by atoms with van der Waals surface area (Å²) in [5.41, 5.74) is 4.51. The molecule has 0 fully saturated rings. The molecule has 0 spiro atoms. The highest BCUT2D eigenvalue weighted by atomic mass is 32.2. The molecule has 2 aromatic rings. The highest BCUT2D eigenvalue weighted by molar-refractivity contribution is 7.99. The summed E-state index contributed by atoms with van der Waals surface area (Å²) in [5.74, 6) is 1.68. The van der Waals surface area contributed by atoms with Crippen LogP contribution in [-0.2, 0) is 0 Å². The number of hydrogen-bond acceptors (Lipinski definition) is 1. The normalized spacial score (nSPS) is 14.3. The van der Waals surface area contributed by atoms with Gasteiger partial charge in [0.15, 0.2) is 0 Å². The molecule has 0 aliphatic carbocycles. The smallest absolute Gasteiger partial charge is 0.0154 e. The second kappa shape index (κ2) is 8.95. The van der Waals surface area contributed by atoms with Crippen LogP contribution in [0, 0.1) is 18.3 Å². The van der Waals surface area contributed by atoms with E-state index in [4.69, 9.17) is 0 Å². The van der Waals surface area contributed by atoms with Gasteiger partial charge in [0.1, 0.15) is 0 Å². The Morgan fingerprint density at radius 2 is 1.81 bits per heavy atom. The summed E-state index contributed by atoms with van der Waals surface area (Å²) in [6, 6.07) is 11.3. The summed E-state index contributed by atoms with van der Waals surface area (Å²) in [6.45, 7) is 15.8. The molecule has 0 aromatic heterocycles. The van der Waals surface area contributed by atoms with Crippen LogP contribution >= 0.6 is 11.8 Å². The predicted octanol–water partition coefficient (Wildman–Crippen LogP) is 8.29. The third-order valence-electron chi connectivity index (χ3n) is 4.54. The Bertz CT molecular complexity index is 803. The molecular formula is C25H34S. The third kappa shape index (κ3) is 5.51. The van der Waals surface area contributed by atoms with Crippen molar-refractivity contribution in [1.82, 2.24) is 0 Å². The highest BCUT2D eigenvalue weighted by Gasteiger charge is 2.15. The molecule has 26 heavy (non-hydrogen) atoms. The van der Waals surface area contributed by atoms with E-state index >= 15 is 0 Å². The molecule has 1 heteroatoms. The standard InChI is InChI=1S/C25H34S/c1-8-9-12-18(2)15-19(3)24-20(4)16-23(26-17-25(5,6)7)21-13-10-11-14-22(21)24/h8-11,13-16,18H,12,17H2,1-7H3/b9-8+,19-15+. The minimum Gasteiger partial charge on any atom is -0.125 e. The van der Waals surface area contributed by atoms with Crippen molar-refractivity contribution in [2.24, 2.45) is 11.3 Å². The second-order valence-electron chi connectivity index (χ2n) is 8.59. The van der Waals surface area contributed by atoms with Gasteiger partial charge >= 0.3 is 0 Å². The maximum absolute atomic E-state index is 2.43. The van der Waals surface area contributed by atoms with Crippen LogP contribution in [0.25, 0.3) is 16.3 Å². The highest BCUT2D eigenvalue weighted by Crippen LogP contribution is 2.38. The quantitative estimate of drug-likeness (QED) is 0.366. The Labute approximate surface area is 164 Å². The lowest BCUT2D eigenvalue weighted by Crippen LogP contribution is -2.08. The Hall–Kier alpha value is -1.47. The minimum absolute atomic E-state index is 0.330. The van der Waals surface area contributed by atoms with Gasteiger partial charge in [0.05, 0.1) is 0 Å². The molecule has 1 atom stereocenters. The average molecular weight is 367 g/mol. The van der Waals surface area contributed by atoms with Gasteiger partial charge in [-0.2, -0.15) is 0 Å². The van der Waals surface area contributed by atoms with Crippen molar-refractivity contribution in [2.75, 3.05) is 5.75 Å². The van der Waals surface area contributed by atoms with Crippen LogP contribution in [0.15, 0.2) is 53.5 Å². The van der Waals surface area contributed by atoms with Gasteiger partial charge in [-0.1, -0.05) is 70.2 Å². The SMILES string of the molecule is C/C=C/CC(C)/C=C(\C)c1c(C)cc(SCC(C)(C)C)c2ccccc12. The van der Waals surface area contributed by atoms with Gasteiger partial charge in [-0.25, -0.2) is 0 Å². The fourth-order valence-corrected chi connectivity index (χ4v) is 4.52. The molecule has 2 aromatic carbocycles. The van der Waals surface area contributed by atoms with Crippen LogP contribution in [0.3, 0.4) is 0 Å². The minimum atomic E-state index is 0.330. The Balaban J connectivity index is 2.49. The van der Waals surface area contributed by atoms with Crippen LogP contribution in [0.4, 0.5) is 0 Å². The number of aryl methyl sites for hydroxylation is 1. The lowest BCUT2D eigenvalue weighted by molar-refractivity contribution is 0.481. The van der Waals surface area contributed by atoms with Crippen molar-refractivity contribution >= 4 is 28.1 Å². The molecule has 0 N–H and O–H groups in total. The Kier molecular flexibility index (Phi) is 7.17. The lowest BCUT2D eigenvalue weighted by atomic mass is 9.92. The monoisotopic (exact) mass is 366 g/mol. The maximum Gasteiger partial charge on any atom is 0.0154 e. The maximum atomic E-state index is 2.43. The van der Waals surface area contributed by atoms with E-state index in [-0.39, 0.29) is 0 Å². The van der Waals surface area contributed by atoms with Gasteiger partial charge in [-0.15, -0.1) is 11.8 Å². The zero-order valence-electron chi connectivity index (χ0n) is 17.5. The number of thioether (sulfide) groups is 1. The first-order valence-corrected chi connectivity index (χ1v) is 10.7. The van der Waals surface area contributed by atoms with Crippen molar-refractivity contribution < 1.29 is 0 Å². The van der Waals surface area contributed by atoms with Gasteiger partial charge in [0.2, 0.25) is 0 Å². The molecule has 2 rings (SSSR count). The average Bonchev–Trinajstić information content (AvgIpc) is 2.56. The van der Waals surface area contributed by atoms with Crippen molar-refractivity contribution in [1.29, 1.82) is 0 Å². The summed E-state index contributed by atoms with van der Waals surface area (Å²) in [5, 5.41) is 2.77. The summed E-state index contributed by atoms with van der Waals surface area (Å²) >= 11 is 1.99. The lowest BCUT2D eigenvalue weighted by Gasteiger charge is -2.20. The van der Waals surface area contributed by atoms with Crippen LogP contribution in [0.5, 0.6) is 0 Å².